The molecule has 0 aliphatic carbocycles. The number of aryl methyl sites for hydroxylation is 4. The van der Waals surface area contributed by atoms with E-state index in [2.05, 4.69) is 126 Å². The summed E-state index contributed by atoms with van der Waals surface area (Å²) in [5.41, 5.74) is 10.3. The Labute approximate surface area is 210 Å². The number of benzene rings is 4. The highest BCUT2D eigenvalue weighted by Gasteiger charge is 2.17. The molecule has 3 heteroatoms. The number of hydrogen-bond acceptors (Lipinski definition) is 3. The lowest BCUT2D eigenvalue weighted by Crippen LogP contribution is -2.46. The Morgan fingerprint density at radius 2 is 0.829 bits per heavy atom. The first-order valence-electron chi connectivity index (χ1n) is 12.7. The minimum absolute atomic E-state index is 1.05. The van der Waals surface area contributed by atoms with E-state index in [-0.39, 0.29) is 0 Å². The van der Waals surface area contributed by atoms with Gasteiger partial charge in [-0.15, -0.1) is 0 Å². The zero-order chi connectivity index (χ0) is 24.0. The molecule has 1 N–H and O–H groups in total. The van der Waals surface area contributed by atoms with Gasteiger partial charge in [-0.05, 0) is 86.3 Å². The molecule has 0 aromatic heterocycles. The number of nitrogens with zero attached hydrogens (tertiary/aromatic N) is 2. The molecule has 1 fully saturated rings. The molecule has 1 saturated heterocycles. The van der Waals surface area contributed by atoms with Crippen LogP contribution >= 0.6 is 0 Å². The number of nitrogens with one attached hydrogen (secondary N) is 1. The van der Waals surface area contributed by atoms with Gasteiger partial charge in [0.05, 0.1) is 0 Å². The summed E-state index contributed by atoms with van der Waals surface area (Å²) in [7, 11) is 0. The predicted octanol–water partition coefficient (Wildman–Crippen LogP) is 7.16. The van der Waals surface area contributed by atoms with Gasteiger partial charge in [0, 0.05) is 48.9 Å². The smallest absolute Gasteiger partial charge is 0.0384 e. The average Bonchev–Trinajstić information content (AvgIpc) is 2.90. The van der Waals surface area contributed by atoms with Gasteiger partial charge in [0.1, 0.15) is 0 Å². The molecule has 3 nitrogen and oxygen atoms in total. The van der Waals surface area contributed by atoms with Gasteiger partial charge in [-0.3, -0.25) is 0 Å². The molecule has 0 amide bonds. The Bertz CT molecular complexity index is 1200. The number of anilines is 4. The van der Waals surface area contributed by atoms with Gasteiger partial charge in [0.15, 0.2) is 0 Å². The second-order valence-electron chi connectivity index (χ2n) is 9.66. The van der Waals surface area contributed by atoms with E-state index in [9.17, 15) is 0 Å². The summed E-state index contributed by atoms with van der Waals surface area (Å²) in [6, 6.07) is 35.4. The molecule has 0 saturated carbocycles. The lowest BCUT2D eigenvalue weighted by molar-refractivity contribution is 0.653. The van der Waals surface area contributed by atoms with Crippen molar-refractivity contribution in [2.45, 2.75) is 26.7 Å². The summed E-state index contributed by atoms with van der Waals surface area (Å²) in [4.78, 5) is 5.00. The van der Waals surface area contributed by atoms with Crippen molar-refractivity contribution in [2.24, 2.45) is 0 Å². The molecule has 4 aromatic rings. The van der Waals surface area contributed by atoms with Gasteiger partial charge in [-0.2, -0.15) is 0 Å². The third-order valence-corrected chi connectivity index (χ3v) is 6.98. The minimum atomic E-state index is 1.05. The topological polar surface area (TPSA) is 18.5 Å². The van der Waals surface area contributed by atoms with Crippen molar-refractivity contribution in [1.82, 2.24) is 0 Å². The number of piperazine rings is 1. The first-order valence-corrected chi connectivity index (χ1v) is 12.7. The van der Waals surface area contributed by atoms with E-state index in [1.807, 2.05) is 0 Å². The Hall–Kier alpha value is -3.72. The van der Waals surface area contributed by atoms with Crippen molar-refractivity contribution >= 4 is 22.7 Å². The molecule has 1 aliphatic rings. The van der Waals surface area contributed by atoms with Crippen molar-refractivity contribution in [3.05, 3.63) is 119 Å². The summed E-state index contributed by atoms with van der Waals surface area (Å²) in [5, 5.41) is 3.48. The van der Waals surface area contributed by atoms with E-state index in [1.54, 1.807) is 0 Å². The third-order valence-electron chi connectivity index (χ3n) is 6.98. The van der Waals surface area contributed by atoms with E-state index in [0.717, 1.165) is 50.4 Å². The fourth-order valence-electron chi connectivity index (χ4n) is 4.70. The van der Waals surface area contributed by atoms with Crippen molar-refractivity contribution < 1.29 is 0 Å². The third kappa shape index (κ3) is 6.05. The lowest BCUT2D eigenvalue weighted by Gasteiger charge is -2.37. The molecule has 1 heterocycles. The number of rotatable bonds is 7. The van der Waals surface area contributed by atoms with Crippen LogP contribution in [-0.2, 0) is 12.8 Å². The predicted molar refractivity (Wildman–Crippen MR) is 150 cm³/mol. The molecule has 178 valence electrons. The molecule has 4 aromatic carbocycles. The summed E-state index contributed by atoms with van der Waals surface area (Å²) >= 11 is 0. The standard InChI is InChI=1S/C32H35N3/c1-25-3-13-29(14-4-25)33-30-15-9-27(10-16-30)7-8-28-11-19-32(20-12-28)35-23-21-34(22-24-35)31-17-5-26(2)6-18-31/h3-6,9-20,33H,7-8,21-24H2,1-2H3. The van der Waals surface area contributed by atoms with E-state index >= 15 is 0 Å². The Kier molecular flexibility index (Phi) is 7.04. The van der Waals surface area contributed by atoms with Crippen molar-refractivity contribution in [2.75, 3.05) is 41.3 Å². The molecule has 5 rings (SSSR count). The van der Waals surface area contributed by atoms with Crippen LogP contribution in [0.5, 0.6) is 0 Å². The van der Waals surface area contributed by atoms with Gasteiger partial charge in [-0.25, -0.2) is 0 Å². The largest absolute Gasteiger partial charge is 0.368 e. The highest BCUT2D eigenvalue weighted by Crippen LogP contribution is 2.22. The summed E-state index contributed by atoms with van der Waals surface area (Å²) in [5.74, 6) is 0. The van der Waals surface area contributed by atoms with Crippen LogP contribution < -0.4 is 15.1 Å². The van der Waals surface area contributed by atoms with Crippen LogP contribution in [0.25, 0.3) is 0 Å². The monoisotopic (exact) mass is 461 g/mol. The second kappa shape index (κ2) is 10.7. The fraction of sp³-hybridized carbons (Fsp3) is 0.250. The fourth-order valence-corrected chi connectivity index (χ4v) is 4.70. The first kappa shape index (κ1) is 23.0. The highest BCUT2D eigenvalue weighted by atomic mass is 15.3. The Morgan fingerprint density at radius 3 is 1.29 bits per heavy atom. The molecule has 35 heavy (non-hydrogen) atoms. The first-order chi connectivity index (χ1) is 17.1. The van der Waals surface area contributed by atoms with Crippen LogP contribution in [0.15, 0.2) is 97.1 Å². The zero-order valence-electron chi connectivity index (χ0n) is 20.9. The van der Waals surface area contributed by atoms with Crippen LogP contribution in [0.2, 0.25) is 0 Å². The van der Waals surface area contributed by atoms with Gasteiger partial charge >= 0.3 is 0 Å². The molecule has 0 bridgehead atoms. The quantitative estimate of drug-likeness (QED) is 0.315. The highest BCUT2D eigenvalue weighted by molar-refractivity contribution is 5.60. The Morgan fingerprint density at radius 1 is 0.486 bits per heavy atom. The maximum atomic E-state index is 3.48. The molecular weight excluding hydrogens is 426 g/mol. The normalized spacial score (nSPS) is 13.7. The van der Waals surface area contributed by atoms with Crippen LogP contribution in [0.4, 0.5) is 22.7 Å². The molecule has 0 atom stereocenters. The van der Waals surface area contributed by atoms with Gasteiger partial charge < -0.3 is 15.1 Å². The van der Waals surface area contributed by atoms with Crippen LogP contribution in [0.1, 0.15) is 22.3 Å². The van der Waals surface area contributed by atoms with Gasteiger partial charge in [0.2, 0.25) is 0 Å². The summed E-state index contributed by atoms with van der Waals surface area (Å²) < 4.78 is 0. The SMILES string of the molecule is Cc1ccc(Nc2ccc(CCc3ccc(N4CCN(c5ccc(C)cc5)CC4)cc3)cc2)cc1. The minimum Gasteiger partial charge on any atom is -0.368 e. The molecular formula is C32H35N3. The van der Waals surface area contributed by atoms with E-state index in [0.29, 0.717) is 0 Å². The maximum Gasteiger partial charge on any atom is 0.0384 e. The van der Waals surface area contributed by atoms with Crippen LogP contribution in [0, 0.1) is 13.8 Å². The average molecular weight is 462 g/mol. The molecule has 1 aliphatic heterocycles. The van der Waals surface area contributed by atoms with Crippen molar-refractivity contribution in [3.8, 4) is 0 Å². The maximum absolute atomic E-state index is 3.48. The molecule has 0 radical (unpaired) electrons. The van der Waals surface area contributed by atoms with Gasteiger partial charge in [0.25, 0.3) is 0 Å². The van der Waals surface area contributed by atoms with Crippen LogP contribution in [0.3, 0.4) is 0 Å². The van der Waals surface area contributed by atoms with Crippen molar-refractivity contribution in [3.63, 3.8) is 0 Å². The summed E-state index contributed by atoms with van der Waals surface area (Å²) in [6.45, 7) is 8.53. The molecule has 0 unspecified atom stereocenters. The summed E-state index contributed by atoms with van der Waals surface area (Å²) in [6.07, 6.45) is 2.12. The number of hydrogen-bond donors (Lipinski definition) is 1. The van der Waals surface area contributed by atoms with Gasteiger partial charge in [-0.1, -0.05) is 59.7 Å². The van der Waals surface area contributed by atoms with Crippen molar-refractivity contribution in [1.29, 1.82) is 0 Å². The zero-order valence-corrected chi connectivity index (χ0v) is 20.9. The second-order valence-corrected chi connectivity index (χ2v) is 9.66. The Balaban J connectivity index is 1.10. The molecule has 0 spiro atoms. The van der Waals surface area contributed by atoms with E-state index in [1.165, 1.54) is 33.6 Å². The van der Waals surface area contributed by atoms with Crippen LogP contribution in [-0.4, -0.2) is 26.2 Å². The van der Waals surface area contributed by atoms with E-state index in [4.69, 9.17) is 0 Å². The van der Waals surface area contributed by atoms with E-state index < -0.39 is 0 Å². The lowest BCUT2D eigenvalue weighted by atomic mass is 10.0.